The van der Waals surface area contributed by atoms with Crippen molar-refractivity contribution in [2.75, 3.05) is 13.2 Å². The van der Waals surface area contributed by atoms with Gasteiger partial charge in [0.05, 0.1) is 13.2 Å². The minimum Gasteiger partial charge on any atom is -0.463 e. The normalized spacial score (nSPS) is 11.6. The number of carbonyl (C=O) groups is 2. The first-order chi connectivity index (χ1) is 23.4. The summed E-state index contributed by atoms with van der Waals surface area (Å²) in [5.74, 6) is -6.02. The van der Waals surface area contributed by atoms with Crippen LogP contribution in [-0.4, -0.2) is 31.3 Å². The van der Waals surface area contributed by atoms with Gasteiger partial charge in [-0.1, -0.05) is 92.9 Å². The van der Waals surface area contributed by atoms with E-state index in [1.54, 1.807) is 31.2 Å². The third kappa shape index (κ3) is 9.31. The minimum absolute atomic E-state index is 0.195. The summed E-state index contributed by atoms with van der Waals surface area (Å²) >= 11 is 0. The summed E-state index contributed by atoms with van der Waals surface area (Å²) in [5.41, 5.74) is 5.07. The van der Waals surface area contributed by atoms with E-state index >= 15 is 0 Å². The molecule has 0 bridgehead atoms. The van der Waals surface area contributed by atoms with Crippen LogP contribution >= 0.6 is 0 Å². The lowest BCUT2D eigenvalue weighted by atomic mass is 9.85. The van der Waals surface area contributed by atoms with Gasteiger partial charge in [-0.3, -0.25) is 0 Å². The average molecular weight is 677 g/mol. The van der Waals surface area contributed by atoms with E-state index in [2.05, 4.69) is 13.2 Å². The van der Waals surface area contributed by atoms with Crippen LogP contribution in [0, 0.1) is 0 Å². The van der Waals surface area contributed by atoms with E-state index in [0.717, 1.165) is 53.0 Å². The second kappa shape index (κ2) is 16.4. The molecule has 49 heavy (non-hydrogen) atoms. The van der Waals surface area contributed by atoms with E-state index in [1.807, 2.05) is 48.5 Å². The molecule has 0 spiro atoms. The first-order valence-electron chi connectivity index (χ1n) is 15.9. The molecular weight excluding hydrogens is 639 g/mol. The van der Waals surface area contributed by atoms with Gasteiger partial charge in [0.15, 0.2) is 0 Å². The van der Waals surface area contributed by atoms with Crippen LogP contribution in [0.25, 0.3) is 33.4 Å². The number of esters is 2. The molecule has 0 aromatic heterocycles. The van der Waals surface area contributed by atoms with E-state index in [1.165, 1.54) is 0 Å². The van der Waals surface area contributed by atoms with Crippen molar-refractivity contribution in [2.45, 2.75) is 51.1 Å². The molecular formula is C40H37F5O4. The Morgan fingerprint density at radius 1 is 0.653 bits per heavy atom. The third-order valence-corrected chi connectivity index (χ3v) is 8.09. The topological polar surface area (TPSA) is 52.6 Å². The van der Waals surface area contributed by atoms with Gasteiger partial charge in [-0.15, -0.1) is 0 Å². The molecule has 0 amide bonds. The number of hydrogen-bond acceptors (Lipinski definition) is 4. The van der Waals surface area contributed by atoms with E-state index in [0.29, 0.717) is 48.1 Å². The summed E-state index contributed by atoms with van der Waals surface area (Å²) in [6.07, 6.45) is -0.832. The van der Waals surface area contributed by atoms with Crippen molar-refractivity contribution in [1.82, 2.24) is 0 Å². The second-order valence-electron chi connectivity index (χ2n) is 11.4. The van der Waals surface area contributed by atoms with E-state index in [4.69, 9.17) is 9.47 Å². The summed E-state index contributed by atoms with van der Waals surface area (Å²) in [6.45, 7) is 8.94. The Labute approximate surface area is 282 Å². The van der Waals surface area contributed by atoms with Gasteiger partial charge in [-0.25, -0.2) is 9.59 Å². The second-order valence-corrected chi connectivity index (χ2v) is 11.4. The highest BCUT2D eigenvalue weighted by Gasteiger charge is 2.59. The van der Waals surface area contributed by atoms with Gasteiger partial charge in [-0.2, -0.15) is 22.0 Å². The molecule has 0 unspecified atom stereocenters. The standard InChI is InChI=1S/C40H37F5O4/c1-4-29-25-34(39(41,42)40(43,44)45)26-35(32-17-13-28(14-18-32)10-8-24-49-37(47)6-3)38(29)33-21-19-31(20-22-33)30-15-11-27(12-16-30)9-7-23-48-36(46)5-2/h5-6,11-22,25-26H,2-4,7-10,23-24H2,1H3. The highest BCUT2D eigenvalue weighted by molar-refractivity contribution is 5.87. The molecule has 0 aliphatic rings. The first-order valence-corrected chi connectivity index (χ1v) is 15.9. The molecule has 0 N–H and O–H groups in total. The predicted octanol–water partition coefficient (Wildman–Crippen LogP) is 10.2. The molecule has 0 aliphatic carbocycles. The summed E-state index contributed by atoms with van der Waals surface area (Å²) in [5, 5.41) is 0. The van der Waals surface area contributed by atoms with Crippen molar-refractivity contribution >= 4 is 11.9 Å². The molecule has 0 saturated carbocycles. The minimum atomic E-state index is -5.76. The van der Waals surface area contributed by atoms with Crippen LogP contribution in [-0.2, 0) is 44.2 Å². The lowest BCUT2D eigenvalue weighted by Gasteiger charge is -2.24. The monoisotopic (exact) mass is 676 g/mol. The first kappa shape index (κ1) is 36.8. The maximum Gasteiger partial charge on any atom is 0.458 e. The van der Waals surface area contributed by atoms with Crippen LogP contribution < -0.4 is 0 Å². The molecule has 0 saturated heterocycles. The SMILES string of the molecule is C=CC(=O)OCCCc1ccc(-c2ccc(-c3c(CC)cc(C(F)(F)C(F)(F)F)cc3-c3ccc(CCCOC(=O)C=C)cc3)cc2)cc1. The Morgan fingerprint density at radius 2 is 1.08 bits per heavy atom. The van der Waals surface area contributed by atoms with E-state index in [-0.39, 0.29) is 18.6 Å². The molecule has 4 rings (SSSR count). The van der Waals surface area contributed by atoms with Crippen LogP contribution in [0.3, 0.4) is 0 Å². The zero-order valence-corrected chi connectivity index (χ0v) is 27.1. The van der Waals surface area contributed by atoms with Crippen molar-refractivity contribution < 1.29 is 41.0 Å². The Kier molecular flexibility index (Phi) is 12.3. The molecule has 9 heteroatoms. The maximum atomic E-state index is 14.7. The van der Waals surface area contributed by atoms with E-state index in [9.17, 15) is 31.5 Å². The summed E-state index contributed by atoms with van der Waals surface area (Å²) < 4.78 is 80.1. The van der Waals surface area contributed by atoms with Crippen molar-refractivity contribution in [3.05, 3.63) is 132 Å². The largest absolute Gasteiger partial charge is 0.463 e. The molecule has 0 aliphatic heterocycles. The summed E-state index contributed by atoms with van der Waals surface area (Å²) in [4.78, 5) is 22.5. The van der Waals surface area contributed by atoms with Gasteiger partial charge in [0.25, 0.3) is 0 Å². The van der Waals surface area contributed by atoms with Crippen LogP contribution in [0.5, 0.6) is 0 Å². The zero-order valence-electron chi connectivity index (χ0n) is 27.1. The highest BCUT2D eigenvalue weighted by Crippen LogP contribution is 2.47. The fourth-order valence-electron chi connectivity index (χ4n) is 5.45. The number of rotatable bonds is 15. The van der Waals surface area contributed by atoms with Gasteiger partial charge in [0, 0.05) is 17.7 Å². The number of carbonyl (C=O) groups excluding carboxylic acids is 2. The van der Waals surface area contributed by atoms with Crippen LogP contribution in [0.2, 0.25) is 0 Å². The molecule has 0 heterocycles. The lowest BCUT2D eigenvalue weighted by Crippen LogP contribution is -2.33. The molecule has 0 radical (unpaired) electrons. The number of aryl methyl sites for hydroxylation is 3. The average Bonchev–Trinajstić information content (AvgIpc) is 3.11. The molecule has 0 atom stereocenters. The predicted molar refractivity (Wildman–Crippen MR) is 181 cm³/mol. The van der Waals surface area contributed by atoms with Crippen molar-refractivity contribution in [3.63, 3.8) is 0 Å². The fourth-order valence-corrected chi connectivity index (χ4v) is 5.45. The Balaban J connectivity index is 1.64. The Morgan fingerprint density at radius 3 is 1.51 bits per heavy atom. The number of alkyl halides is 5. The van der Waals surface area contributed by atoms with Crippen LogP contribution in [0.15, 0.2) is 110 Å². The summed E-state index contributed by atoms with van der Waals surface area (Å²) in [7, 11) is 0. The Hall–Kier alpha value is -5.05. The molecule has 4 nitrogen and oxygen atoms in total. The fraction of sp³-hybridized carbons (Fsp3) is 0.250. The van der Waals surface area contributed by atoms with Gasteiger partial charge < -0.3 is 9.47 Å². The number of halogens is 5. The maximum absolute atomic E-state index is 14.7. The van der Waals surface area contributed by atoms with Gasteiger partial charge in [0.1, 0.15) is 0 Å². The number of benzene rings is 4. The summed E-state index contributed by atoms with van der Waals surface area (Å²) in [6, 6.07) is 24.3. The lowest BCUT2D eigenvalue weighted by molar-refractivity contribution is -0.289. The molecule has 0 fully saturated rings. The van der Waals surface area contributed by atoms with Crippen LogP contribution in [0.1, 0.15) is 42.0 Å². The van der Waals surface area contributed by atoms with Crippen molar-refractivity contribution in [2.24, 2.45) is 0 Å². The van der Waals surface area contributed by atoms with Gasteiger partial charge in [0.2, 0.25) is 0 Å². The molecule has 4 aromatic rings. The zero-order chi connectivity index (χ0) is 35.6. The smallest absolute Gasteiger partial charge is 0.458 e. The van der Waals surface area contributed by atoms with Gasteiger partial charge >= 0.3 is 24.0 Å². The molecule has 256 valence electrons. The number of ether oxygens (including phenoxy) is 2. The third-order valence-electron chi connectivity index (χ3n) is 8.09. The van der Waals surface area contributed by atoms with Crippen LogP contribution in [0.4, 0.5) is 22.0 Å². The van der Waals surface area contributed by atoms with Gasteiger partial charge in [-0.05, 0) is 94.3 Å². The van der Waals surface area contributed by atoms with Crippen molar-refractivity contribution in [1.29, 1.82) is 0 Å². The molecule has 4 aromatic carbocycles. The van der Waals surface area contributed by atoms with E-state index < -0.39 is 29.6 Å². The number of hydrogen-bond donors (Lipinski definition) is 0. The van der Waals surface area contributed by atoms with Crippen molar-refractivity contribution in [3.8, 4) is 33.4 Å². The quantitative estimate of drug-likeness (QED) is 0.0544. The highest BCUT2D eigenvalue weighted by atomic mass is 19.4. The Bertz CT molecular complexity index is 1760.